The summed E-state index contributed by atoms with van der Waals surface area (Å²) in [5, 5.41) is 0. The van der Waals surface area contributed by atoms with Gasteiger partial charge in [0.05, 0.1) is 6.10 Å². The van der Waals surface area contributed by atoms with Crippen LogP contribution >= 0.6 is 0 Å². The maximum absolute atomic E-state index is 11.5. The van der Waals surface area contributed by atoms with Gasteiger partial charge in [0.15, 0.2) is 18.3 Å². The third-order valence-electron chi connectivity index (χ3n) is 3.49. The average molecular weight is 360 g/mol. The summed E-state index contributed by atoms with van der Waals surface area (Å²) >= 11 is 0. The highest BCUT2D eigenvalue weighted by molar-refractivity contribution is 5.68. The van der Waals surface area contributed by atoms with Crippen molar-refractivity contribution in [3.63, 3.8) is 0 Å². The van der Waals surface area contributed by atoms with Crippen LogP contribution in [0.5, 0.6) is 0 Å². The van der Waals surface area contributed by atoms with Crippen LogP contribution in [0.2, 0.25) is 0 Å². The predicted molar refractivity (Wildman–Crippen MR) is 82.2 cm³/mol. The second-order valence-corrected chi connectivity index (χ2v) is 5.65. The smallest absolute Gasteiger partial charge is 0.303 e. The Hall–Kier alpha value is -2.16. The number of carbonyl (C=O) groups excluding carboxylic acids is 4. The Morgan fingerprint density at radius 2 is 1.16 bits per heavy atom. The van der Waals surface area contributed by atoms with Gasteiger partial charge in [0.2, 0.25) is 0 Å². The minimum absolute atomic E-state index is 0.200. The van der Waals surface area contributed by atoms with E-state index in [-0.39, 0.29) is 6.61 Å². The highest BCUT2D eigenvalue weighted by atomic mass is 16.7. The third-order valence-corrected chi connectivity index (χ3v) is 3.49. The molecule has 0 radical (unpaired) electrons. The van der Waals surface area contributed by atoms with Crippen LogP contribution in [0.3, 0.4) is 0 Å². The lowest BCUT2D eigenvalue weighted by atomic mass is 9.93. The van der Waals surface area contributed by atoms with Crippen molar-refractivity contribution in [2.75, 3.05) is 6.61 Å². The number of hydrogen-bond donors (Lipinski definition) is 0. The Kier molecular flexibility index (Phi) is 7.82. The van der Waals surface area contributed by atoms with E-state index in [0.29, 0.717) is 6.42 Å². The van der Waals surface area contributed by atoms with E-state index in [2.05, 4.69) is 0 Å². The van der Waals surface area contributed by atoms with Gasteiger partial charge in [-0.3, -0.25) is 19.2 Å². The van der Waals surface area contributed by atoms with Crippen LogP contribution in [0.25, 0.3) is 0 Å². The van der Waals surface area contributed by atoms with Crippen LogP contribution in [0.1, 0.15) is 41.0 Å². The Morgan fingerprint density at radius 3 is 1.56 bits per heavy atom. The molecule has 0 amide bonds. The van der Waals surface area contributed by atoms with Crippen LogP contribution in [0.15, 0.2) is 0 Å². The number of ether oxygens (including phenoxy) is 5. The quantitative estimate of drug-likeness (QED) is 0.494. The Morgan fingerprint density at radius 1 is 0.720 bits per heavy atom. The molecular weight excluding hydrogens is 336 g/mol. The van der Waals surface area contributed by atoms with E-state index in [1.165, 1.54) is 27.7 Å². The minimum Gasteiger partial charge on any atom is -0.463 e. The molecular formula is C16H24O9. The molecule has 0 N–H and O–H groups in total. The van der Waals surface area contributed by atoms with Gasteiger partial charge in [-0.1, -0.05) is 6.92 Å². The highest BCUT2D eigenvalue weighted by Gasteiger charge is 2.51. The first-order chi connectivity index (χ1) is 11.6. The number of hydrogen-bond acceptors (Lipinski definition) is 9. The third kappa shape index (κ3) is 6.33. The molecule has 142 valence electrons. The highest BCUT2D eigenvalue weighted by Crippen LogP contribution is 2.30. The van der Waals surface area contributed by atoms with Crippen LogP contribution in [0, 0.1) is 0 Å². The van der Waals surface area contributed by atoms with Gasteiger partial charge in [0.25, 0.3) is 0 Å². The van der Waals surface area contributed by atoms with Crippen molar-refractivity contribution in [2.24, 2.45) is 0 Å². The van der Waals surface area contributed by atoms with Crippen molar-refractivity contribution in [2.45, 2.75) is 71.6 Å². The van der Waals surface area contributed by atoms with Crippen LogP contribution in [0.4, 0.5) is 0 Å². The molecule has 0 aromatic heterocycles. The molecule has 25 heavy (non-hydrogen) atoms. The lowest BCUT2D eigenvalue weighted by Crippen LogP contribution is -2.62. The normalized spacial score (nSPS) is 28.6. The number of rotatable bonds is 6. The van der Waals surface area contributed by atoms with Gasteiger partial charge in [-0.2, -0.15) is 0 Å². The molecule has 1 rings (SSSR count). The number of carbonyl (C=O) groups is 4. The van der Waals surface area contributed by atoms with E-state index in [1.807, 2.05) is 0 Å². The standard InChI is InChI=1S/C16H24O9/c1-6-12-14(22-9(3)18)16(24-11(5)20)15(23-10(4)19)13(25-12)7-21-8(2)17/h12-16H,6-7H2,1-5H3/t12-,13?,14?,15+,16?/m0/s1. The summed E-state index contributed by atoms with van der Waals surface area (Å²) in [6.07, 6.45) is -4.18. The molecule has 0 aromatic rings. The van der Waals surface area contributed by atoms with Crippen molar-refractivity contribution in [1.29, 1.82) is 0 Å². The molecule has 9 heteroatoms. The van der Waals surface area contributed by atoms with Crippen molar-refractivity contribution < 1.29 is 42.9 Å². The molecule has 9 nitrogen and oxygen atoms in total. The molecule has 0 bridgehead atoms. The molecule has 0 saturated carbocycles. The van der Waals surface area contributed by atoms with E-state index < -0.39 is 54.4 Å². The Bertz CT molecular complexity index is 516. The van der Waals surface area contributed by atoms with Gasteiger partial charge in [-0.05, 0) is 6.42 Å². The molecule has 1 heterocycles. The minimum atomic E-state index is -1.09. The van der Waals surface area contributed by atoms with Crippen molar-refractivity contribution in [3.05, 3.63) is 0 Å². The molecule has 5 atom stereocenters. The molecule has 3 unspecified atom stereocenters. The van der Waals surface area contributed by atoms with Gasteiger partial charge in [-0.15, -0.1) is 0 Å². The fraction of sp³-hybridized carbons (Fsp3) is 0.750. The SMILES string of the molecule is CC[C@@H]1OC(COC(C)=O)[C@@H](OC(C)=O)C(OC(C)=O)C1OC(C)=O. The first-order valence-corrected chi connectivity index (χ1v) is 7.96. The zero-order valence-electron chi connectivity index (χ0n) is 15.0. The molecule has 0 aromatic carbocycles. The molecule has 0 aliphatic carbocycles. The summed E-state index contributed by atoms with van der Waals surface area (Å²) in [4.78, 5) is 45.5. The van der Waals surface area contributed by atoms with Gasteiger partial charge < -0.3 is 23.7 Å². The van der Waals surface area contributed by atoms with Crippen molar-refractivity contribution >= 4 is 23.9 Å². The number of esters is 4. The van der Waals surface area contributed by atoms with Crippen LogP contribution < -0.4 is 0 Å². The summed E-state index contributed by atoms with van der Waals surface area (Å²) in [6, 6.07) is 0. The zero-order chi connectivity index (χ0) is 19.1. The maximum atomic E-state index is 11.5. The van der Waals surface area contributed by atoms with Gasteiger partial charge in [0, 0.05) is 27.7 Å². The van der Waals surface area contributed by atoms with Crippen molar-refractivity contribution in [3.8, 4) is 0 Å². The summed E-state index contributed by atoms with van der Waals surface area (Å²) in [7, 11) is 0. The first kappa shape index (κ1) is 20.9. The Balaban J connectivity index is 3.18. The molecule has 1 aliphatic heterocycles. The summed E-state index contributed by atoms with van der Waals surface area (Å²) in [5.41, 5.74) is 0. The van der Waals surface area contributed by atoms with E-state index in [0.717, 1.165) is 0 Å². The average Bonchev–Trinajstić information content (AvgIpc) is 2.48. The maximum Gasteiger partial charge on any atom is 0.303 e. The summed E-state index contributed by atoms with van der Waals surface area (Å²) < 4.78 is 26.5. The van der Waals surface area contributed by atoms with Gasteiger partial charge in [-0.25, -0.2) is 0 Å². The second kappa shape index (κ2) is 9.36. The summed E-state index contributed by atoms with van der Waals surface area (Å²) in [5.74, 6) is -2.41. The van der Waals surface area contributed by atoms with E-state index in [1.54, 1.807) is 6.92 Å². The fourth-order valence-corrected chi connectivity index (χ4v) is 2.65. The van der Waals surface area contributed by atoms with Crippen LogP contribution in [-0.2, 0) is 42.9 Å². The zero-order valence-corrected chi connectivity index (χ0v) is 15.0. The van der Waals surface area contributed by atoms with Gasteiger partial charge in [0.1, 0.15) is 12.7 Å². The molecule has 1 fully saturated rings. The monoisotopic (exact) mass is 360 g/mol. The van der Waals surface area contributed by atoms with E-state index in [9.17, 15) is 19.2 Å². The summed E-state index contributed by atoms with van der Waals surface area (Å²) in [6.45, 7) is 6.40. The first-order valence-electron chi connectivity index (χ1n) is 7.96. The predicted octanol–water partition coefficient (Wildman–Crippen LogP) is 0.522. The molecule has 0 spiro atoms. The molecule has 1 saturated heterocycles. The topological polar surface area (TPSA) is 114 Å². The largest absolute Gasteiger partial charge is 0.463 e. The lowest BCUT2D eigenvalue weighted by molar-refractivity contribution is -0.252. The Labute approximate surface area is 145 Å². The molecule has 1 aliphatic rings. The van der Waals surface area contributed by atoms with Gasteiger partial charge >= 0.3 is 23.9 Å². The second-order valence-electron chi connectivity index (χ2n) is 5.65. The lowest BCUT2D eigenvalue weighted by Gasteiger charge is -2.44. The fourth-order valence-electron chi connectivity index (χ4n) is 2.65. The van der Waals surface area contributed by atoms with Crippen LogP contribution in [-0.4, -0.2) is 61.0 Å². The van der Waals surface area contributed by atoms with Crippen molar-refractivity contribution in [1.82, 2.24) is 0 Å². The van der Waals surface area contributed by atoms with E-state index >= 15 is 0 Å². The van der Waals surface area contributed by atoms with E-state index in [4.69, 9.17) is 23.7 Å².